The highest BCUT2D eigenvalue weighted by Crippen LogP contribution is 2.34. The van der Waals surface area contributed by atoms with Crippen molar-refractivity contribution in [1.29, 1.82) is 0 Å². The van der Waals surface area contributed by atoms with Gasteiger partial charge in [-0.15, -0.1) is 0 Å². The third-order valence-electron chi connectivity index (χ3n) is 3.19. The molecule has 0 unspecified atom stereocenters. The Labute approximate surface area is 132 Å². The van der Waals surface area contributed by atoms with Crippen molar-refractivity contribution in [2.45, 2.75) is 0 Å². The van der Waals surface area contributed by atoms with E-state index in [9.17, 15) is 9.59 Å². The molecule has 0 N–H and O–H groups in total. The Morgan fingerprint density at radius 1 is 1.00 bits per heavy atom. The maximum atomic E-state index is 11.9. The minimum Gasteiger partial charge on any atom is -0.465 e. The van der Waals surface area contributed by atoms with Crippen LogP contribution >= 0.6 is 0 Å². The second kappa shape index (κ2) is 7.11. The molecule has 0 saturated carbocycles. The zero-order valence-corrected chi connectivity index (χ0v) is 12.5. The summed E-state index contributed by atoms with van der Waals surface area (Å²) in [5.41, 5.74) is 10.5. The molecule has 0 amide bonds. The molecular formula is C16H13N3O4. The number of azide groups is 1. The van der Waals surface area contributed by atoms with Crippen LogP contribution in [0.4, 0.5) is 5.69 Å². The van der Waals surface area contributed by atoms with Crippen LogP contribution in [0.15, 0.2) is 47.6 Å². The number of esters is 2. The maximum absolute atomic E-state index is 11.9. The summed E-state index contributed by atoms with van der Waals surface area (Å²) in [7, 11) is 2.55. The minimum atomic E-state index is -0.533. The zero-order chi connectivity index (χ0) is 16.8. The van der Waals surface area contributed by atoms with Crippen LogP contribution in [0.1, 0.15) is 20.7 Å². The fraction of sp³-hybridized carbons (Fsp3) is 0.125. The number of carbonyl (C=O) groups is 2. The number of nitrogens with zero attached hydrogens (tertiary/aromatic N) is 3. The average Bonchev–Trinajstić information content (AvgIpc) is 2.61. The third kappa shape index (κ3) is 3.30. The van der Waals surface area contributed by atoms with E-state index in [-0.39, 0.29) is 11.3 Å². The van der Waals surface area contributed by atoms with Gasteiger partial charge in [0.15, 0.2) is 0 Å². The number of ether oxygens (including phenoxy) is 2. The summed E-state index contributed by atoms with van der Waals surface area (Å²) in [5.74, 6) is -1.06. The van der Waals surface area contributed by atoms with Gasteiger partial charge in [0.1, 0.15) is 0 Å². The van der Waals surface area contributed by atoms with Crippen molar-refractivity contribution < 1.29 is 19.1 Å². The minimum absolute atomic E-state index is 0.277. The number of hydrogen-bond acceptors (Lipinski definition) is 5. The maximum Gasteiger partial charge on any atom is 0.338 e. The van der Waals surface area contributed by atoms with Crippen molar-refractivity contribution in [3.63, 3.8) is 0 Å². The second-order valence-electron chi connectivity index (χ2n) is 4.45. The van der Waals surface area contributed by atoms with E-state index >= 15 is 0 Å². The van der Waals surface area contributed by atoms with E-state index in [0.717, 1.165) is 0 Å². The van der Waals surface area contributed by atoms with Gasteiger partial charge in [-0.1, -0.05) is 29.4 Å². The van der Waals surface area contributed by atoms with Crippen LogP contribution in [0.2, 0.25) is 0 Å². The second-order valence-corrected chi connectivity index (χ2v) is 4.45. The van der Waals surface area contributed by atoms with Crippen LogP contribution < -0.4 is 0 Å². The Balaban J connectivity index is 2.72. The Morgan fingerprint density at radius 2 is 1.70 bits per heavy atom. The van der Waals surface area contributed by atoms with Gasteiger partial charge < -0.3 is 9.47 Å². The first kappa shape index (κ1) is 16.1. The summed E-state index contributed by atoms with van der Waals surface area (Å²) in [6.45, 7) is 0. The summed E-state index contributed by atoms with van der Waals surface area (Å²) in [4.78, 5) is 26.4. The van der Waals surface area contributed by atoms with E-state index < -0.39 is 11.9 Å². The Kier molecular flexibility index (Phi) is 4.96. The molecule has 7 nitrogen and oxygen atoms in total. The highest BCUT2D eigenvalue weighted by molar-refractivity contribution is 6.00. The molecule has 2 aromatic rings. The molecule has 2 aromatic carbocycles. The lowest BCUT2D eigenvalue weighted by Gasteiger charge is -2.11. The van der Waals surface area contributed by atoms with E-state index in [1.807, 2.05) is 0 Å². The van der Waals surface area contributed by atoms with Crippen molar-refractivity contribution in [2.24, 2.45) is 5.11 Å². The molecule has 0 aliphatic rings. The molecule has 0 fully saturated rings. The first-order valence-corrected chi connectivity index (χ1v) is 6.57. The van der Waals surface area contributed by atoms with Gasteiger partial charge in [0.25, 0.3) is 0 Å². The molecule has 0 bridgehead atoms. The number of hydrogen-bond donors (Lipinski definition) is 0. The molecule has 0 heterocycles. The molecule has 0 aliphatic heterocycles. The summed E-state index contributed by atoms with van der Waals surface area (Å²) < 4.78 is 9.45. The molecule has 2 rings (SSSR count). The van der Waals surface area contributed by atoms with Crippen LogP contribution in [-0.4, -0.2) is 26.2 Å². The summed E-state index contributed by atoms with van der Waals surface area (Å²) in [5, 5.41) is 3.61. The Hall–Kier alpha value is -3.31. The first-order valence-electron chi connectivity index (χ1n) is 6.57. The van der Waals surface area contributed by atoms with Gasteiger partial charge in [0.05, 0.1) is 25.3 Å². The molecule has 23 heavy (non-hydrogen) atoms. The molecule has 7 heteroatoms. The highest BCUT2D eigenvalue weighted by atomic mass is 16.5. The molecule has 0 aliphatic carbocycles. The monoisotopic (exact) mass is 311 g/mol. The first-order chi connectivity index (χ1) is 11.1. The quantitative estimate of drug-likeness (QED) is 0.370. The molecule has 0 radical (unpaired) electrons. The fourth-order valence-electron chi connectivity index (χ4n) is 2.14. The summed E-state index contributed by atoms with van der Waals surface area (Å²) in [6.07, 6.45) is 0. The highest BCUT2D eigenvalue weighted by Gasteiger charge is 2.17. The third-order valence-corrected chi connectivity index (χ3v) is 3.19. The topological polar surface area (TPSA) is 101 Å². The van der Waals surface area contributed by atoms with Gasteiger partial charge in [0, 0.05) is 10.6 Å². The lowest BCUT2D eigenvalue weighted by Crippen LogP contribution is -2.04. The molecule has 0 atom stereocenters. The number of carbonyl (C=O) groups excluding carboxylic acids is 2. The van der Waals surface area contributed by atoms with Crippen molar-refractivity contribution >= 4 is 17.6 Å². The number of benzene rings is 2. The smallest absolute Gasteiger partial charge is 0.338 e. The lowest BCUT2D eigenvalue weighted by molar-refractivity contribution is 0.0593. The Bertz CT molecular complexity index is 811. The fourth-order valence-corrected chi connectivity index (χ4v) is 2.14. The molecule has 0 spiro atoms. The van der Waals surface area contributed by atoms with Crippen molar-refractivity contribution in [2.75, 3.05) is 14.2 Å². The predicted molar refractivity (Wildman–Crippen MR) is 83.4 cm³/mol. The standard InChI is InChI=1S/C16H13N3O4/c1-22-15(20)10-7-8-14(18-19-17)13(9-10)11-5-3-4-6-12(11)16(21)23-2/h3-9H,1-2H3. The van der Waals surface area contributed by atoms with E-state index in [1.165, 1.54) is 32.4 Å². The van der Waals surface area contributed by atoms with E-state index in [2.05, 4.69) is 10.0 Å². The normalized spacial score (nSPS) is 9.65. The van der Waals surface area contributed by atoms with Gasteiger partial charge in [-0.2, -0.15) is 0 Å². The Morgan fingerprint density at radius 3 is 2.35 bits per heavy atom. The number of methoxy groups -OCH3 is 2. The molecular weight excluding hydrogens is 298 g/mol. The van der Waals surface area contributed by atoms with Gasteiger partial charge >= 0.3 is 11.9 Å². The van der Waals surface area contributed by atoms with Crippen molar-refractivity contribution in [3.05, 3.63) is 64.0 Å². The van der Waals surface area contributed by atoms with Gasteiger partial charge in [-0.25, -0.2) is 9.59 Å². The predicted octanol–water partition coefficient (Wildman–Crippen LogP) is 3.87. The average molecular weight is 311 g/mol. The van der Waals surface area contributed by atoms with E-state index in [4.69, 9.17) is 15.0 Å². The van der Waals surface area contributed by atoms with E-state index in [0.29, 0.717) is 16.7 Å². The van der Waals surface area contributed by atoms with Crippen LogP contribution in [0.3, 0.4) is 0 Å². The van der Waals surface area contributed by atoms with Crippen molar-refractivity contribution in [3.8, 4) is 11.1 Å². The van der Waals surface area contributed by atoms with Gasteiger partial charge in [-0.3, -0.25) is 0 Å². The summed E-state index contributed by atoms with van der Waals surface area (Å²) in [6, 6.07) is 11.2. The lowest BCUT2D eigenvalue weighted by atomic mass is 9.96. The zero-order valence-electron chi connectivity index (χ0n) is 12.5. The van der Waals surface area contributed by atoms with Crippen LogP contribution in [0.5, 0.6) is 0 Å². The molecule has 0 aromatic heterocycles. The van der Waals surface area contributed by atoms with Crippen LogP contribution in [0, 0.1) is 0 Å². The summed E-state index contributed by atoms with van der Waals surface area (Å²) >= 11 is 0. The largest absolute Gasteiger partial charge is 0.465 e. The van der Waals surface area contributed by atoms with Crippen LogP contribution in [-0.2, 0) is 9.47 Å². The number of rotatable bonds is 4. The van der Waals surface area contributed by atoms with Crippen LogP contribution in [0.25, 0.3) is 21.6 Å². The molecule has 0 saturated heterocycles. The van der Waals surface area contributed by atoms with Gasteiger partial charge in [-0.05, 0) is 34.9 Å². The van der Waals surface area contributed by atoms with E-state index in [1.54, 1.807) is 24.3 Å². The molecule has 116 valence electrons. The SMILES string of the molecule is COC(=O)c1ccc(N=[N+]=[N-])c(-c2ccccc2C(=O)OC)c1. The van der Waals surface area contributed by atoms with Gasteiger partial charge in [0.2, 0.25) is 0 Å². The van der Waals surface area contributed by atoms with Crippen molar-refractivity contribution in [1.82, 2.24) is 0 Å².